The van der Waals surface area contributed by atoms with Crippen LogP contribution < -0.4 is 4.90 Å². The van der Waals surface area contributed by atoms with E-state index in [4.69, 9.17) is 0 Å². The third kappa shape index (κ3) is 3.65. The molecule has 0 fully saturated rings. The second-order valence-corrected chi connectivity index (χ2v) is 7.06. The van der Waals surface area contributed by atoms with Crippen molar-refractivity contribution in [2.75, 3.05) is 18.0 Å². The van der Waals surface area contributed by atoms with Crippen molar-refractivity contribution in [3.05, 3.63) is 78.6 Å². The Balaban J connectivity index is 1.83. The van der Waals surface area contributed by atoms with Crippen molar-refractivity contribution in [1.29, 1.82) is 0 Å². The van der Waals surface area contributed by atoms with Gasteiger partial charge in [0.2, 0.25) is 0 Å². The molecule has 0 bridgehead atoms. The lowest BCUT2D eigenvalue weighted by Crippen LogP contribution is -2.21. The zero-order valence-electron chi connectivity index (χ0n) is 16.8. The van der Waals surface area contributed by atoms with Crippen LogP contribution in [0.2, 0.25) is 0 Å². The molecule has 0 saturated carbocycles. The molecule has 0 aliphatic carbocycles. The molecule has 0 unspecified atom stereocenters. The molecule has 30 heavy (non-hydrogen) atoms. The van der Waals surface area contributed by atoms with E-state index in [0.29, 0.717) is 11.0 Å². The van der Waals surface area contributed by atoms with Crippen LogP contribution in [0.1, 0.15) is 19.4 Å². The topological polar surface area (TPSA) is 21.1 Å². The van der Waals surface area contributed by atoms with Crippen molar-refractivity contribution in [2.24, 2.45) is 0 Å². The average Bonchev–Trinajstić information content (AvgIpc) is 3.17. The van der Waals surface area contributed by atoms with Gasteiger partial charge in [0.25, 0.3) is 0 Å². The van der Waals surface area contributed by atoms with Crippen LogP contribution in [0.25, 0.3) is 27.8 Å². The number of imidazole rings is 1. The van der Waals surface area contributed by atoms with Crippen LogP contribution in [-0.4, -0.2) is 22.6 Å². The molecule has 1 heterocycles. The maximum atomic E-state index is 13.1. The van der Waals surface area contributed by atoms with Crippen LogP contribution in [0.5, 0.6) is 0 Å². The molecule has 0 amide bonds. The summed E-state index contributed by atoms with van der Waals surface area (Å²) < 4.78 is 41.0. The van der Waals surface area contributed by atoms with E-state index in [1.165, 1.54) is 6.07 Å². The van der Waals surface area contributed by atoms with E-state index in [9.17, 15) is 13.2 Å². The van der Waals surface area contributed by atoms with Crippen LogP contribution in [-0.2, 0) is 6.18 Å². The minimum atomic E-state index is -4.39. The lowest BCUT2D eigenvalue weighted by atomic mass is 10.0. The number of fused-ring (bicyclic) bond motifs is 1. The average molecular weight is 409 g/mol. The summed E-state index contributed by atoms with van der Waals surface area (Å²) in [6.45, 7) is 6.07. The summed E-state index contributed by atoms with van der Waals surface area (Å²) in [7, 11) is 0. The summed E-state index contributed by atoms with van der Waals surface area (Å²) in [5.41, 5.74) is 4.30. The number of benzene rings is 3. The Morgan fingerprint density at radius 1 is 0.900 bits per heavy atom. The van der Waals surface area contributed by atoms with Crippen molar-refractivity contribution in [3.63, 3.8) is 0 Å². The Morgan fingerprint density at radius 2 is 1.67 bits per heavy atom. The number of halogens is 3. The second kappa shape index (κ2) is 7.86. The number of hydrogen-bond acceptors (Lipinski definition) is 2. The summed E-state index contributed by atoms with van der Waals surface area (Å²) in [6, 6.07) is 19.8. The largest absolute Gasteiger partial charge is 0.416 e. The standard InChI is InChI=1S/C24H22F3N3/c1-3-29(4-2)19-9-7-8-17(14-19)20-10-5-6-11-22(20)30-16-28-21-15-18(24(25,26)27)12-13-23(21)30/h5-16H,3-4H2,1-2H3. The molecule has 4 rings (SSSR count). The quantitative estimate of drug-likeness (QED) is 0.372. The number of aromatic nitrogens is 2. The van der Waals surface area contributed by atoms with Gasteiger partial charge in [-0.25, -0.2) is 4.98 Å². The van der Waals surface area contributed by atoms with E-state index in [-0.39, 0.29) is 0 Å². The summed E-state index contributed by atoms with van der Waals surface area (Å²) in [4.78, 5) is 6.51. The molecule has 0 radical (unpaired) electrons. The molecule has 0 atom stereocenters. The minimum Gasteiger partial charge on any atom is -0.372 e. The number of anilines is 1. The summed E-state index contributed by atoms with van der Waals surface area (Å²) in [5, 5.41) is 0. The Bertz CT molecular complexity index is 1170. The van der Waals surface area contributed by atoms with Crippen LogP contribution in [0, 0.1) is 0 Å². The molecule has 6 heteroatoms. The monoisotopic (exact) mass is 409 g/mol. The van der Waals surface area contributed by atoms with Gasteiger partial charge in [0, 0.05) is 24.3 Å². The van der Waals surface area contributed by atoms with Crippen molar-refractivity contribution in [3.8, 4) is 16.8 Å². The van der Waals surface area contributed by atoms with Crippen LogP contribution in [0.3, 0.4) is 0 Å². The van der Waals surface area contributed by atoms with Crippen molar-refractivity contribution >= 4 is 16.7 Å². The third-order valence-corrected chi connectivity index (χ3v) is 5.32. The summed E-state index contributed by atoms with van der Waals surface area (Å²) in [6.07, 6.45) is -2.81. The van der Waals surface area contributed by atoms with E-state index < -0.39 is 11.7 Å². The molecule has 0 aliphatic rings. The van der Waals surface area contributed by atoms with Crippen molar-refractivity contribution < 1.29 is 13.2 Å². The van der Waals surface area contributed by atoms with Gasteiger partial charge in [0.05, 0.1) is 22.3 Å². The van der Waals surface area contributed by atoms with Gasteiger partial charge in [-0.05, 0) is 55.8 Å². The van der Waals surface area contributed by atoms with Gasteiger partial charge in [0.1, 0.15) is 6.33 Å². The molecule has 3 nitrogen and oxygen atoms in total. The molecular weight excluding hydrogens is 387 g/mol. The predicted octanol–water partition coefficient (Wildman–Crippen LogP) is 6.56. The number of hydrogen-bond donors (Lipinski definition) is 0. The van der Waals surface area contributed by atoms with E-state index in [1.807, 2.05) is 41.0 Å². The Kier molecular flexibility index (Phi) is 5.24. The molecule has 4 aromatic rings. The van der Waals surface area contributed by atoms with Crippen LogP contribution in [0.4, 0.5) is 18.9 Å². The maximum absolute atomic E-state index is 13.1. The molecule has 0 aliphatic heterocycles. The first kappa shape index (κ1) is 20.0. The van der Waals surface area contributed by atoms with Gasteiger partial charge < -0.3 is 4.90 Å². The second-order valence-electron chi connectivity index (χ2n) is 7.06. The van der Waals surface area contributed by atoms with Crippen LogP contribution >= 0.6 is 0 Å². The van der Waals surface area contributed by atoms with Gasteiger partial charge in [0.15, 0.2) is 0 Å². The maximum Gasteiger partial charge on any atom is 0.416 e. The number of rotatable bonds is 5. The molecule has 0 spiro atoms. The number of nitrogens with zero attached hydrogens (tertiary/aromatic N) is 3. The molecule has 1 aromatic heterocycles. The number of alkyl halides is 3. The van der Waals surface area contributed by atoms with E-state index in [0.717, 1.165) is 47.7 Å². The lowest BCUT2D eigenvalue weighted by molar-refractivity contribution is -0.137. The van der Waals surface area contributed by atoms with Gasteiger partial charge in [-0.15, -0.1) is 0 Å². The smallest absolute Gasteiger partial charge is 0.372 e. The summed E-state index contributed by atoms with van der Waals surface area (Å²) in [5.74, 6) is 0. The first-order valence-electron chi connectivity index (χ1n) is 9.91. The lowest BCUT2D eigenvalue weighted by Gasteiger charge is -2.22. The zero-order valence-corrected chi connectivity index (χ0v) is 16.8. The Morgan fingerprint density at radius 3 is 2.40 bits per heavy atom. The molecule has 154 valence electrons. The SMILES string of the molecule is CCN(CC)c1cccc(-c2ccccc2-n2cnc3cc(C(F)(F)F)ccc32)c1. The highest BCUT2D eigenvalue weighted by atomic mass is 19.4. The van der Waals surface area contributed by atoms with E-state index >= 15 is 0 Å². The summed E-state index contributed by atoms with van der Waals surface area (Å²) >= 11 is 0. The number of para-hydroxylation sites is 1. The fraction of sp³-hybridized carbons (Fsp3) is 0.208. The highest BCUT2D eigenvalue weighted by molar-refractivity contribution is 5.83. The molecular formula is C24H22F3N3. The first-order valence-corrected chi connectivity index (χ1v) is 9.91. The highest BCUT2D eigenvalue weighted by Gasteiger charge is 2.30. The minimum absolute atomic E-state index is 0.316. The predicted molar refractivity (Wildman–Crippen MR) is 115 cm³/mol. The normalized spacial score (nSPS) is 11.8. The first-order chi connectivity index (χ1) is 14.4. The zero-order chi connectivity index (χ0) is 21.3. The van der Waals surface area contributed by atoms with Crippen molar-refractivity contribution in [2.45, 2.75) is 20.0 Å². The van der Waals surface area contributed by atoms with Gasteiger partial charge in [-0.2, -0.15) is 13.2 Å². The molecule has 3 aromatic carbocycles. The fourth-order valence-electron chi connectivity index (χ4n) is 3.77. The van der Waals surface area contributed by atoms with E-state index in [1.54, 1.807) is 6.33 Å². The van der Waals surface area contributed by atoms with E-state index in [2.05, 4.69) is 35.9 Å². The molecule has 0 N–H and O–H groups in total. The van der Waals surface area contributed by atoms with Gasteiger partial charge in [-0.3, -0.25) is 4.57 Å². The third-order valence-electron chi connectivity index (χ3n) is 5.32. The van der Waals surface area contributed by atoms with Gasteiger partial charge in [-0.1, -0.05) is 30.3 Å². The Labute approximate surface area is 173 Å². The van der Waals surface area contributed by atoms with Crippen LogP contribution in [0.15, 0.2) is 73.1 Å². The fourth-order valence-corrected chi connectivity index (χ4v) is 3.77. The van der Waals surface area contributed by atoms with Gasteiger partial charge >= 0.3 is 6.18 Å². The molecule has 0 saturated heterocycles. The highest BCUT2D eigenvalue weighted by Crippen LogP contribution is 2.34. The Hall–Kier alpha value is -3.28. The van der Waals surface area contributed by atoms with Crippen molar-refractivity contribution in [1.82, 2.24) is 9.55 Å².